The van der Waals surface area contributed by atoms with Crippen LogP contribution in [0.25, 0.3) is 10.9 Å². The minimum atomic E-state index is -0.0928. The number of para-hydroxylation sites is 1. The Labute approximate surface area is 220 Å². The summed E-state index contributed by atoms with van der Waals surface area (Å²) in [6, 6.07) is 24.3. The molecule has 1 N–H and O–H groups in total. The second-order valence-corrected chi connectivity index (χ2v) is 9.69. The topological polar surface area (TPSA) is 56.4 Å². The van der Waals surface area contributed by atoms with E-state index in [9.17, 15) is 9.59 Å². The van der Waals surface area contributed by atoms with Crippen molar-refractivity contribution >= 4 is 22.7 Å². The van der Waals surface area contributed by atoms with Crippen LogP contribution in [0.2, 0.25) is 0 Å². The number of hydrogen-bond acceptors (Lipinski definition) is 2. The average molecular weight is 496 g/mol. The summed E-state index contributed by atoms with van der Waals surface area (Å²) in [6.45, 7) is 7.90. The predicted molar refractivity (Wildman–Crippen MR) is 151 cm³/mol. The molecule has 4 aromatic rings. The highest BCUT2D eigenvalue weighted by molar-refractivity contribution is 5.96. The number of nitrogens with zero attached hydrogens (tertiary/aromatic N) is 2. The summed E-state index contributed by atoms with van der Waals surface area (Å²) in [5, 5.41) is 1.18. The lowest BCUT2D eigenvalue weighted by atomic mass is 10.1. The van der Waals surface area contributed by atoms with E-state index < -0.39 is 0 Å². The van der Waals surface area contributed by atoms with E-state index in [0.29, 0.717) is 25.2 Å². The molecule has 0 atom stereocenters. The number of amides is 2. The van der Waals surface area contributed by atoms with Gasteiger partial charge in [-0.3, -0.25) is 9.59 Å². The number of carbonyl (C=O) groups excluding carboxylic acids is 2. The molecule has 0 radical (unpaired) electrons. The maximum atomic E-state index is 13.7. The lowest BCUT2D eigenvalue weighted by molar-refractivity contribution is -0.132. The van der Waals surface area contributed by atoms with Crippen molar-refractivity contribution in [1.29, 1.82) is 0 Å². The fraction of sp³-hybridized carbons (Fsp3) is 0.312. The van der Waals surface area contributed by atoms with Gasteiger partial charge in [-0.2, -0.15) is 0 Å². The highest BCUT2D eigenvalue weighted by Gasteiger charge is 2.22. The van der Waals surface area contributed by atoms with Gasteiger partial charge in [0.05, 0.1) is 0 Å². The summed E-state index contributed by atoms with van der Waals surface area (Å²) in [5.74, 6) is -0.128. The Bertz CT molecular complexity index is 1320. The van der Waals surface area contributed by atoms with E-state index in [2.05, 4.69) is 55.2 Å². The van der Waals surface area contributed by atoms with Crippen LogP contribution in [0.4, 0.5) is 0 Å². The molecule has 5 nitrogen and oxygen atoms in total. The lowest BCUT2D eigenvalue weighted by Gasteiger charge is -2.28. The van der Waals surface area contributed by atoms with Crippen LogP contribution in [-0.4, -0.2) is 46.2 Å². The summed E-state index contributed by atoms with van der Waals surface area (Å²) in [6.07, 6.45) is 4.49. The van der Waals surface area contributed by atoms with Crippen LogP contribution >= 0.6 is 0 Å². The first-order chi connectivity index (χ1) is 18.0. The lowest BCUT2D eigenvalue weighted by Crippen LogP contribution is -2.43. The molecule has 2 amide bonds. The minimum Gasteiger partial charge on any atom is -0.361 e. The first-order valence-electron chi connectivity index (χ1n) is 13.2. The molecule has 192 valence electrons. The quantitative estimate of drug-likeness (QED) is 0.271. The van der Waals surface area contributed by atoms with Gasteiger partial charge in [-0.05, 0) is 61.1 Å². The number of H-pyrrole nitrogens is 1. The van der Waals surface area contributed by atoms with Crippen LogP contribution in [0.3, 0.4) is 0 Å². The van der Waals surface area contributed by atoms with Crippen molar-refractivity contribution in [3.63, 3.8) is 0 Å². The number of rotatable bonds is 11. The van der Waals surface area contributed by atoms with Gasteiger partial charge in [-0.1, -0.05) is 74.0 Å². The number of fused-ring (bicyclic) bond motifs is 1. The smallest absolute Gasteiger partial charge is 0.254 e. The van der Waals surface area contributed by atoms with Crippen molar-refractivity contribution in [2.75, 3.05) is 19.6 Å². The van der Waals surface area contributed by atoms with Crippen molar-refractivity contribution in [2.45, 2.75) is 46.6 Å². The van der Waals surface area contributed by atoms with E-state index >= 15 is 0 Å². The van der Waals surface area contributed by atoms with E-state index in [1.807, 2.05) is 54.4 Å². The fourth-order valence-electron chi connectivity index (χ4n) is 4.65. The van der Waals surface area contributed by atoms with Crippen molar-refractivity contribution in [3.05, 3.63) is 107 Å². The van der Waals surface area contributed by atoms with Crippen LogP contribution in [0.1, 0.15) is 52.9 Å². The van der Waals surface area contributed by atoms with Gasteiger partial charge in [0, 0.05) is 42.3 Å². The van der Waals surface area contributed by atoms with Gasteiger partial charge < -0.3 is 14.8 Å². The summed E-state index contributed by atoms with van der Waals surface area (Å²) in [7, 11) is 0. The first kappa shape index (κ1) is 26.2. The van der Waals surface area contributed by atoms with E-state index in [0.717, 1.165) is 30.3 Å². The van der Waals surface area contributed by atoms with Crippen LogP contribution in [0, 0.1) is 6.92 Å². The first-order valence-corrected chi connectivity index (χ1v) is 13.2. The molecule has 1 aromatic heterocycles. The van der Waals surface area contributed by atoms with Crippen LogP contribution in [0.15, 0.2) is 79.0 Å². The van der Waals surface area contributed by atoms with Crippen molar-refractivity contribution in [2.24, 2.45) is 0 Å². The molecule has 4 rings (SSSR count). The third-order valence-corrected chi connectivity index (χ3v) is 6.89. The molecule has 0 fully saturated rings. The Morgan fingerprint density at radius 3 is 2.22 bits per heavy atom. The van der Waals surface area contributed by atoms with Gasteiger partial charge in [0.2, 0.25) is 5.91 Å². The molecule has 0 unspecified atom stereocenters. The number of nitrogens with one attached hydrogen (secondary N) is 1. The Kier molecular flexibility index (Phi) is 8.78. The summed E-state index contributed by atoms with van der Waals surface area (Å²) < 4.78 is 0. The monoisotopic (exact) mass is 495 g/mol. The summed E-state index contributed by atoms with van der Waals surface area (Å²) >= 11 is 0. The van der Waals surface area contributed by atoms with Gasteiger partial charge >= 0.3 is 0 Å². The second kappa shape index (κ2) is 12.4. The number of hydrogen-bond donors (Lipinski definition) is 1. The van der Waals surface area contributed by atoms with Crippen LogP contribution < -0.4 is 0 Å². The van der Waals surface area contributed by atoms with Crippen LogP contribution in [0.5, 0.6) is 0 Å². The molecular weight excluding hydrogens is 458 g/mol. The molecule has 3 aromatic carbocycles. The zero-order chi connectivity index (χ0) is 26.2. The van der Waals surface area contributed by atoms with Gasteiger partial charge in [-0.25, -0.2) is 0 Å². The van der Waals surface area contributed by atoms with Crippen molar-refractivity contribution in [1.82, 2.24) is 14.8 Å². The molecule has 0 saturated carbocycles. The molecule has 5 heteroatoms. The van der Waals surface area contributed by atoms with Gasteiger partial charge in [0.15, 0.2) is 0 Å². The SMILES string of the molecule is CCCN(CC(=O)N(CCc1c[nH]c2ccccc12)Cc1ccc(C)cc1)C(=O)c1ccc(CC)cc1. The zero-order valence-electron chi connectivity index (χ0n) is 22.2. The maximum absolute atomic E-state index is 13.7. The number of carbonyl (C=O) groups is 2. The molecule has 0 spiro atoms. The Balaban J connectivity index is 1.52. The normalized spacial score (nSPS) is 11.0. The number of aromatic nitrogens is 1. The molecule has 0 bridgehead atoms. The highest BCUT2D eigenvalue weighted by atomic mass is 16.2. The molecular formula is C32H37N3O2. The second-order valence-electron chi connectivity index (χ2n) is 9.69. The third-order valence-electron chi connectivity index (χ3n) is 6.89. The zero-order valence-corrected chi connectivity index (χ0v) is 22.2. The van der Waals surface area contributed by atoms with Gasteiger partial charge in [-0.15, -0.1) is 0 Å². The molecule has 1 heterocycles. The number of aromatic amines is 1. The summed E-state index contributed by atoms with van der Waals surface area (Å²) in [5.41, 5.74) is 6.38. The standard InChI is InChI=1S/C32H37N3O2/c1-4-19-35(32(37)27-16-14-25(5-2)15-17-27)23-31(36)34(22-26-12-10-24(3)11-13-26)20-18-28-21-33-30-9-7-6-8-29(28)30/h6-17,21,33H,4-5,18-20,22-23H2,1-3H3. The average Bonchev–Trinajstić information content (AvgIpc) is 3.34. The van der Waals surface area contributed by atoms with Crippen LogP contribution in [-0.2, 0) is 24.2 Å². The van der Waals surface area contributed by atoms with Gasteiger partial charge in [0.25, 0.3) is 5.91 Å². The molecule has 37 heavy (non-hydrogen) atoms. The Morgan fingerprint density at radius 1 is 0.811 bits per heavy atom. The van der Waals surface area contributed by atoms with Crippen molar-refractivity contribution in [3.8, 4) is 0 Å². The van der Waals surface area contributed by atoms with E-state index in [1.54, 1.807) is 4.90 Å². The molecule has 0 aliphatic heterocycles. The highest BCUT2D eigenvalue weighted by Crippen LogP contribution is 2.19. The van der Waals surface area contributed by atoms with E-state index in [1.165, 1.54) is 22.1 Å². The predicted octanol–water partition coefficient (Wildman–Crippen LogP) is 6.16. The fourth-order valence-corrected chi connectivity index (χ4v) is 4.65. The molecule has 0 aliphatic rings. The Hall–Kier alpha value is -3.86. The third kappa shape index (κ3) is 6.67. The number of benzene rings is 3. The maximum Gasteiger partial charge on any atom is 0.254 e. The molecule has 0 saturated heterocycles. The van der Waals surface area contributed by atoms with Gasteiger partial charge in [0.1, 0.15) is 6.54 Å². The molecule has 0 aliphatic carbocycles. The van der Waals surface area contributed by atoms with E-state index in [-0.39, 0.29) is 18.4 Å². The minimum absolute atomic E-state index is 0.0348. The largest absolute Gasteiger partial charge is 0.361 e. The number of aryl methyl sites for hydroxylation is 2. The van der Waals surface area contributed by atoms with Crippen molar-refractivity contribution < 1.29 is 9.59 Å². The Morgan fingerprint density at radius 2 is 1.51 bits per heavy atom. The summed E-state index contributed by atoms with van der Waals surface area (Å²) in [4.78, 5) is 33.9. The van der Waals surface area contributed by atoms with E-state index in [4.69, 9.17) is 0 Å².